The summed E-state index contributed by atoms with van der Waals surface area (Å²) < 4.78 is 0. The van der Waals surface area contributed by atoms with Gasteiger partial charge in [0.1, 0.15) is 6.54 Å². The normalized spacial score (nSPS) is 18.0. The van der Waals surface area contributed by atoms with Gasteiger partial charge in [-0.2, -0.15) is 0 Å². The highest BCUT2D eigenvalue weighted by Gasteiger charge is 2.33. The fourth-order valence-corrected chi connectivity index (χ4v) is 3.43. The molecule has 1 aliphatic rings. The average molecular weight is 395 g/mol. The summed E-state index contributed by atoms with van der Waals surface area (Å²) >= 11 is 5.89. The number of amides is 2. The molecule has 1 N–H and O–H groups in total. The third-order valence-electron chi connectivity index (χ3n) is 5.04. The maximum atomic E-state index is 13.0. The number of hydrogen-bond donors (Lipinski definition) is 1. The predicted octanol–water partition coefficient (Wildman–Crippen LogP) is 3.04. The van der Waals surface area contributed by atoms with Crippen LogP contribution in [-0.2, 0) is 20.9 Å². The second-order valence-corrected chi connectivity index (χ2v) is 7.58. The molecule has 1 aliphatic heterocycles. The second kappa shape index (κ2) is 9.74. The standard InChI is InChI=1S/C20H27ClN2O4/c1-3-14(2)19(26)22-10-4-5-16(12-22)20(27)23(13-18(24)25)11-15-6-8-17(21)9-7-15/h6-9,14,16H,3-5,10-13H2,1-2H3,(H,24,25). The minimum atomic E-state index is -1.05. The molecule has 0 radical (unpaired) electrons. The number of carbonyl (C=O) groups is 3. The molecule has 2 amide bonds. The number of carboxylic acids is 1. The Morgan fingerprint density at radius 1 is 1.30 bits per heavy atom. The Morgan fingerprint density at radius 2 is 1.96 bits per heavy atom. The van der Waals surface area contributed by atoms with E-state index in [1.807, 2.05) is 13.8 Å². The number of likely N-dealkylation sites (tertiary alicyclic amines) is 1. The lowest BCUT2D eigenvalue weighted by molar-refractivity contribution is -0.149. The molecular formula is C20H27ClN2O4. The number of nitrogens with zero attached hydrogens (tertiary/aromatic N) is 2. The number of halogens is 1. The third-order valence-corrected chi connectivity index (χ3v) is 5.29. The maximum Gasteiger partial charge on any atom is 0.323 e. The molecule has 0 aliphatic carbocycles. The second-order valence-electron chi connectivity index (χ2n) is 7.15. The van der Waals surface area contributed by atoms with Crippen LogP contribution >= 0.6 is 11.6 Å². The van der Waals surface area contributed by atoms with Crippen LogP contribution in [0.15, 0.2) is 24.3 Å². The molecule has 148 valence electrons. The van der Waals surface area contributed by atoms with Gasteiger partial charge < -0.3 is 14.9 Å². The van der Waals surface area contributed by atoms with Gasteiger partial charge in [-0.25, -0.2) is 0 Å². The fourth-order valence-electron chi connectivity index (χ4n) is 3.31. The Kier molecular flexibility index (Phi) is 7.66. The lowest BCUT2D eigenvalue weighted by atomic mass is 9.94. The zero-order valence-electron chi connectivity index (χ0n) is 15.9. The van der Waals surface area contributed by atoms with Crippen molar-refractivity contribution in [2.24, 2.45) is 11.8 Å². The van der Waals surface area contributed by atoms with Crippen LogP contribution < -0.4 is 0 Å². The minimum Gasteiger partial charge on any atom is -0.480 e. The van der Waals surface area contributed by atoms with Crippen LogP contribution in [0.1, 0.15) is 38.7 Å². The first kappa shape index (κ1) is 21.2. The van der Waals surface area contributed by atoms with Gasteiger partial charge in [-0.05, 0) is 37.0 Å². The largest absolute Gasteiger partial charge is 0.480 e. The van der Waals surface area contributed by atoms with E-state index in [0.29, 0.717) is 24.5 Å². The van der Waals surface area contributed by atoms with Gasteiger partial charge in [0.05, 0.1) is 5.92 Å². The summed E-state index contributed by atoms with van der Waals surface area (Å²) in [6.07, 6.45) is 2.18. The summed E-state index contributed by atoms with van der Waals surface area (Å²) in [5.41, 5.74) is 0.817. The Labute approximate surface area is 165 Å². The molecule has 6 nitrogen and oxygen atoms in total. The van der Waals surface area contributed by atoms with Gasteiger partial charge in [-0.1, -0.05) is 37.6 Å². The van der Waals surface area contributed by atoms with Crippen LogP contribution in [0.25, 0.3) is 0 Å². The molecule has 0 saturated carbocycles. The SMILES string of the molecule is CCC(C)C(=O)N1CCCC(C(=O)N(CC(=O)O)Cc2ccc(Cl)cc2)C1. The zero-order chi connectivity index (χ0) is 20.0. The van der Waals surface area contributed by atoms with Crippen molar-refractivity contribution in [3.63, 3.8) is 0 Å². The van der Waals surface area contributed by atoms with Gasteiger partial charge in [-0.3, -0.25) is 14.4 Å². The Bertz CT molecular complexity index is 677. The van der Waals surface area contributed by atoms with E-state index in [1.54, 1.807) is 29.2 Å². The van der Waals surface area contributed by atoms with Crippen LogP contribution in [0, 0.1) is 11.8 Å². The van der Waals surface area contributed by atoms with Crippen molar-refractivity contribution in [3.05, 3.63) is 34.9 Å². The maximum absolute atomic E-state index is 13.0. The zero-order valence-corrected chi connectivity index (χ0v) is 16.6. The first-order chi connectivity index (χ1) is 12.8. The summed E-state index contributed by atoms with van der Waals surface area (Å²) in [5.74, 6) is -1.63. The molecule has 27 heavy (non-hydrogen) atoms. The number of carbonyl (C=O) groups excluding carboxylic acids is 2. The summed E-state index contributed by atoms with van der Waals surface area (Å²) in [4.78, 5) is 39.8. The number of hydrogen-bond acceptors (Lipinski definition) is 3. The predicted molar refractivity (Wildman–Crippen MR) is 103 cm³/mol. The molecule has 1 aromatic carbocycles. The van der Waals surface area contributed by atoms with Crippen molar-refractivity contribution in [2.45, 2.75) is 39.7 Å². The van der Waals surface area contributed by atoms with Gasteiger partial charge in [-0.15, -0.1) is 0 Å². The summed E-state index contributed by atoms with van der Waals surface area (Å²) in [6.45, 7) is 4.72. The van der Waals surface area contributed by atoms with Crippen LogP contribution in [0.3, 0.4) is 0 Å². The van der Waals surface area contributed by atoms with Crippen molar-refractivity contribution < 1.29 is 19.5 Å². The molecule has 0 bridgehead atoms. The van der Waals surface area contributed by atoms with Crippen LogP contribution in [0.5, 0.6) is 0 Å². The summed E-state index contributed by atoms with van der Waals surface area (Å²) in [5, 5.41) is 9.80. The minimum absolute atomic E-state index is 0.0666. The summed E-state index contributed by atoms with van der Waals surface area (Å²) in [7, 11) is 0. The molecule has 1 saturated heterocycles. The number of carboxylic acid groups (broad SMARTS) is 1. The Morgan fingerprint density at radius 3 is 2.56 bits per heavy atom. The lowest BCUT2D eigenvalue weighted by Gasteiger charge is -2.35. The van der Waals surface area contributed by atoms with Gasteiger partial charge in [0, 0.05) is 30.6 Å². The monoisotopic (exact) mass is 394 g/mol. The number of rotatable bonds is 7. The number of piperidine rings is 1. The third kappa shape index (κ3) is 5.96. The highest BCUT2D eigenvalue weighted by atomic mass is 35.5. The van der Waals surface area contributed by atoms with Gasteiger partial charge in [0.15, 0.2) is 0 Å². The van der Waals surface area contributed by atoms with Crippen LogP contribution in [0.4, 0.5) is 0 Å². The first-order valence-corrected chi connectivity index (χ1v) is 9.73. The number of benzene rings is 1. The molecule has 7 heteroatoms. The topological polar surface area (TPSA) is 77.9 Å². The van der Waals surface area contributed by atoms with E-state index in [9.17, 15) is 19.5 Å². The first-order valence-electron chi connectivity index (χ1n) is 9.35. The smallest absolute Gasteiger partial charge is 0.323 e. The molecule has 1 aromatic rings. The van der Waals surface area contributed by atoms with E-state index in [4.69, 9.17) is 11.6 Å². The van der Waals surface area contributed by atoms with Crippen molar-refractivity contribution in [1.29, 1.82) is 0 Å². The van der Waals surface area contributed by atoms with Gasteiger partial charge in [0.25, 0.3) is 0 Å². The van der Waals surface area contributed by atoms with Gasteiger partial charge >= 0.3 is 5.97 Å². The van der Waals surface area contributed by atoms with Crippen molar-refractivity contribution >= 4 is 29.4 Å². The fraction of sp³-hybridized carbons (Fsp3) is 0.550. The van der Waals surface area contributed by atoms with Crippen molar-refractivity contribution in [3.8, 4) is 0 Å². The van der Waals surface area contributed by atoms with E-state index in [2.05, 4.69) is 0 Å². The van der Waals surface area contributed by atoms with E-state index < -0.39 is 5.97 Å². The van der Waals surface area contributed by atoms with E-state index in [0.717, 1.165) is 18.4 Å². The lowest BCUT2D eigenvalue weighted by Crippen LogP contribution is -2.48. The number of aliphatic carboxylic acids is 1. The van der Waals surface area contributed by atoms with Crippen LogP contribution in [-0.4, -0.2) is 52.3 Å². The molecule has 0 aromatic heterocycles. The molecule has 1 heterocycles. The molecular weight excluding hydrogens is 368 g/mol. The van der Waals surface area contributed by atoms with Crippen molar-refractivity contribution in [1.82, 2.24) is 9.80 Å². The molecule has 0 spiro atoms. The van der Waals surface area contributed by atoms with Gasteiger partial charge in [0.2, 0.25) is 11.8 Å². The molecule has 2 unspecified atom stereocenters. The summed E-state index contributed by atoms with van der Waals surface area (Å²) in [6, 6.07) is 7.00. The highest BCUT2D eigenvalue weighted by molar-refractivity contribution is 6.30. The quantitative estimate of drug-likeness (QED) is 0.771. The van der Waals surface area contributed by atoms with Crippen LogP contribution in [0.2, 0.25) is 5.02 Å². The molecule has 2 atom stereocenters. The van der Waals surface area contributed by atoms with E-state index in [-0.39, 0.29) is 36.7 Å². The van der Waals surface area contributed by atoms with E-state index in [1.165, 1.54) is 4.90 Å². The highest BCUT2D eigenvalue weighted by Crippen LogP contribution is 2.22. The van der Waals surface area contributed by atoms with E-state index >= 15 is 0 Å². The van der Waals surface area contributed by atoms with Crippen molar-refractivity contribution in [2.75, 3.05) is 19.6 Å². The molecule has 2 rings (SSSR count). The Balaban J connectivity index is 2.10. The Hall–Kier alpha value is -2.08. The average Bonchev–Trinajstić information content (AvgIpc) is 2.67. The molecule has 1 fully saturated rings.